The highest BCUT2D eigenvalue weighted by atomic mass is 16.5. The third-order valence-corrected chi connectivity index (χ3v) is 4.90. The van der Waals surface area contributed by atoms with Crippen LogP contribution in [-0.2, 0) is 20.7 Å². The van der Waals surface area contributed by atoms with Gasteiger partial charge in [0.1, 0.15) is 0 Å². The third kappa shape index (κ3) is 4.94. The third-order valence-electron chi connectivity index (χ3n) is 4.90. The molecular formula is C22H25NO3. The van der Waals surface area contributed by atoms with Gasteiger partial charge in [0.25, 0.3) is 5.91 Å². The van der Waals surface area contributed by atoms with Crippen LogP contribution in [0.5, 0.6) is 0 Å². The SMILES string of the molecule is CC1CCN(C(=O)COC(=O)Cc2ccc(-c3ccccc3)cc2)CC1. The summed E-state index contributed by atoms with van der Waals surface area (Å²) in [6, 6.07) is 17.9. The summed E-state index contributed by atoms with van der Waals surface area (Å²) in [6.45, 7) is 3.57. The zero-order valence-corrected chi connectivity index (χ0v) is 15.2. The standard InChI is InChI=1S/C22H25NO3/c1-17-11-13-23(14-12-17)21(24)16-26-22(25)15-18-7-9-20(10-8-18)19-5-3-2-4-6-19/h2-10,17H,11-16H2,1H3. The van der Waals surface area contributed by atoms with E-state index in [4.69, 9.17) is 4.74 Å². The van der Waals surface area contributed by atoms with Gasteiger partial charge in [-0.25, -0.2) is 0 Å². The molecule has 1 saturated heterocycles. The molecule has 1 aliphatic heterocycles. The van der Waals surface area contributed by atoms with Crippen LogP contribution in [0.25, 0.3) is 11.1 Å². The Morgan fingerprint density at radius 1 is 0.962 bits per heavy atom. The Bertz CT molecular complexity index is 732. The van der Waals surface area contributed by atoms with E-state index >= 15 is 0 Å². The van der Waals surface area contributed by atoms with E-state index in [-0.39, 0.29) is 24.9 Å². The molecule has 1 heterocycles. The summed E-state index contributed by atoms with van der Waals surface area (Å²) in [5, 5.41) is 0. The molecule has 1 aliphatic rings. The smallest absolute Gasteiger partial charge is 0.310 e. The molecule has 26 heavy (non-hydrogen) atoms. The van der Waals surface area contributed by atoms with Crippen molar-refractivity contribution in [2.24, 2.45) is 5.92 Å². The molecule has 1 fully saturated rings. The summed E-state index contributed by atoms with van der Waals surface area (Å²) in [5.74, 6) is 0.210. The zero-order chi connectivity index (χ0) is 18.4. The molecule has 2 aromatic rings. The van der Waals surface area contributed by atoms with E-state index in [2.05, 4.69) is 19.1 Å². The van der Waals surface area contributed by atoms with Crippen molar-refractivity contribution in [3.05, 3.63) is 60.2 Å². The molecule has 0 bridgehead atoms. The van der Waals surface area contributed by atoms with E-state index in [0.29, 0.717) is 5.92 Å². The van der Waals surface area contributed by atoms with Crippen LogP contribution in [0, 0.1) is 5.92 Å². The number of benzene rings is 2. The van der Waals surface area contributed by atoms with Crippen molar-refractivity contribution >= 4 is 11.9 Å². The average molecular weight is 351 g/mol. The lowest BCUT2D eigenvalue weighted by Crippen LogP contribution is -2.40. The normalized spacial score (nSPS) is 14.9. The highest BCUT2D eigenvalue weighted by Gasteiger charge is 2.21. The molecule has 1 amide bonds. The first kappa shape index (κ1) is 18.2. The highest BCUT2D eigenvalue weighted by Crippen LogP contribution is 2.19. The fraction of sp³-hybridized carbons (Fsp3) is 0.364. The number of likely N-dealkylation sites (tertiary alicyclic amines) is 1. The molecule has 4 nitrogen and oxygen atoms in total. The first-order chi connectivity index (χ1) is 12.6. The van der Waals surface area contributed by atoms with Crippen LogP contribution in [-0.4, -0.2) is 36.5 Å². The number of hydrogen-bond acceptors (Lipinski definition) is 3. The summed E-state index contributed by atoms with van der Waals surface area (Å²) in [7, 11) is 0. The first-order valence-corrected chi connectivity index (χ1v) is 9.19. The maximum Gasteiger partial charge on any atom is 0.310 e. The van der Waals surface area contributed by atoms with Crippen LogP contribution in [0.15, 0.2) is 54.6 Å². The second-order valence-corrected chi connectivity index (χ2v) is 6.96. The van der Waals surface area contributed by atoms with Gasteiger partial charge in [0.15, 0.2) is 6.61 Å². The summed E-state index contributed by atoms with van der Waals surface area (Å²) in [6.07, 6.45) is 2.22. The van der Waals surface area contributed by atoms with E-state index < -0.39 is 0 Å². The molecule has 0 unspecified atom stereocenters. The lowest BCUT2D eigenvalue weighted by Gasteiger charge is -2.30. The second kappa shape index (κ2) is 8.65. The Morgan fingerprint density at radius 2 is 1.58 bits per heavy atom. The minimum atomic E-state index is -0.365. The topological polar surface area (TPSA) is 46.6 Å². The Kier molecular flexibility index (Phi) is 6.05. The van der Waals surface area contributed by atoms with Crippen LogP contribution in [0.4, 0.5) is 0 Å². The summed E-state index contributed by atoms with van der Waals surface area (Å²) in [5.41, 5.74) is 3.13. The average Bonchev–Trinajstić information content (AvgIpc) is 2.68. The van der Waals surface area contributed by atoms with E-state index in [1.807, 2.05) is 42.5 Å². The minimum absolute atomic E-state index is 0.0929. The fourth-order valence-corrected chi connectivity index (χ4v) is 3.15. The monoisotopic (exact) mass is 351 g/mol. The van der Waals surface area contributed by atoms with Crippen molar-refractivity contribution < 1.29 is 14.3 Å². The van der Waals surface area contributed by atoms with Crippen LogP contribution in [0.3, 0.4) is 0 Å². The predicted octanol–water partition coefficient (Wildman–Crippen LogP) is 3.70. The molecule has 2 aromatic carbocycles. The van der Waals surface area contributed by atoms with Crippen molar-refractivity contribution in [1.29, 1.82) is 0 Å². The van der Waals surface area contributed by atoms with Crippen molar-refractivity contribution in [3.8, 4) is 11.1 Å². The molecule has 4 heteroatoms. The number of esters is 1. The molecular weight excluding hydrogens is 326 g/mol. The van der Waals surface area contributed by atoms with Gasteiger partial charge in [-0.1, -0.05) is 61.5 Å². The fourth-order valence-electron chi connectivity index (χ4n) is 3.15. The number of ether oxygens (including phenoxy) is 1. The van der Waals surface area contributed by atoms with Gasteiger partial charge in [0, 0.05) is 13.1 Å². The van der Waals surface area contributed by atoms with Gasteiger partial charge in [-0.05, 0) is 35.4 Å². The van der Waals surface area contributed by atoms with E-state index in [9.17, 15) is 9.59 Å². The summed E-state index contributed by atoms with van der Waals surface area (Å²) in [4.78, 5) is 25.9. The molecule has 0 N–H and O–H groups in total. The quantitative estimate of drug-likeness (QED) is 0.772. The van der Waals surface area contributed by atoms with Crippen LogP contribution in [0.1, 0.15) is 25.3 Å². The highest BCUT2D eigenvalue weighted by molar-refractivity contribution is 5.81. The number of carbonyl (C=O) groups excluding carboxylic acids is 2. The van der Waals surface area contributed by atoms with Crippen LogP contribution in [0.2, 0.25) is 0 Å². The van der Waals surface area contributed by atoms with Crippen LogP contribution < -0.4 is 0 Å². The van der Waals surface area contributed by atoms with Crippen molar-refractivity contribution in [2.45, 2.75) is 26.2 Å². The van der Waals surface area contributed by atoms with Gasteiger partial charge in [-0.15, -0.1) is 0 Å². The molecule has 136 valence electrons. The predicted molar refractivity (Wildman–Crippen MR) is 102 cm³/mol. The lowest BCUT2D eigenvalue weighted by atomic mass is 9.99. The van der Waals surface area contributed by atoms with Gasteiger partial charge >= 0.3 is 5.97 Å². The Labute approximate surface area is 154 Å². The molecule has 0 saturated carbocycles. The second-order valence-electron chi connectivity index (χ2n) is 6.96. The molecule has 0 atom stereocenters. The van der Waals surface area contributed by atoms with Gasteiger partial charge in [-0.2, -0.15) is 0 Å². The lowest BCUT2D eigenvalue weighted by molar-refractivity contribution is -0.152. The Balaban J connectivity index is 1.47. The molecule has 0 spiro atoms. The molecule has 3 rings (SSSR count). The number of carbonyl (C=O) groups is 2. The van der Waals surface area contributed by atoms with Crippen LogP contribution >= 0.6 is 0 Å². The molecule has 0 radical (unpaired) electrons. The van der Waals surface area contributed by atoms with Crippen molar-refractivity contribution in [1.82, 2.24) is 4.90 Å². The van der Waals surface area contributed by atoms with Gasteiger partial charge in [0.2, 0.25) is 0 Å². The van der Waals surface area contributed by atoms with Gasteiger partial charge in [-0.3, -0.25) is 9.59 Å². The zero-order valence-electron chi connectivity index (χ0n) is 15.2. The van der Waals surface area contributed by atoms with E-state index in [1.165, 1.54) is 0 Å². The number of piperidine rings is 1. The summed E-state index contributed by atoms with van der Waals surface area (Å²) < 4.78 is 5.17. The maximum atomic E-state index is 12.1. The molecule has 0 aliphatic carbocycles. The van der Waals surface area contributed by atoms with Crippen molar-refractivity contribution in [2.75, 3.05) is 19.7 Å². The minimum Gasteiger partial charge on any atom is -0.455 e. The van der Waals surface area contributed by atoms with Gasteiger partial charge < -0.3 is 9.64 Å². The molecule has 0 aromatic heterocycles. The number of hydrogen-bond donors (Lipinski definition) is 0. The largest absolute Gasteiger partial charge is 0.455 e. The maximum absolute atomic E-state index is 12.1. The number of rotatable bonds is 5. The summed E-state index contributed by atoms with van der Waals surface area (Å²) >= 11 is 0. The van der Waals surface area contributed by atoms with Gasteiger partial charge in [0.05, 0.1) is 6.42 Å². The Hall–Kier alpha value is -2.62. The van der Waals surface area contributed by atoms with E-state index in [0.717, 1.165) is 42.6 Å². The number of amides is 1. The Morgan fingerprint density at radius 3 is 2.23 bits per heavy atom. The van der Waals surface area contributed by atoms with E-state index in [1.54, 1.807) is 4.90 Å². The first-order valence-electron chi connectivity index (χ1n) is 9.19. The van der Waals surface area contributed by atoms with Crippen molar-refractivity contribution in [3.63, 3.8) is 0 Å². The number of nitrogens with zero attached hydrogens (tertiary/aromatic N) is 1.